The van der Waals surface area contributed by atoms with Gasteiger partial charge in [0, 0.05) is 11.7 Å². The van der Waals surface area contributed by atoms with Gasteiger partial charge in [0.2, 0.25) is 0 Å². The highest BCUT2D eigenvalue weighted by Crippen LogP contribution is 2.30. The van der Waals surface area contributed by atoms with Gasteiger partial charge in [0.1, 0.15) is 0 Å². The number of rotatable bonds is 2. The summed E-state index contributed by atoms with van der Waals surface area (Å²) in [7, 11) is 0. The number of carboxylic acids is 1. The smallest absolute Gasteiger partial charge is 0.356 e. The molecule has 1 N–H and O–H groups in total. The van der Waals surface area contributed by atoms with Crippen LogP contribution in [0.4, 0.5) is 0 Å². The first-order valence-electron chi connectivity index (χ1n) is 5.05. The molecule has 4 heteroatoms. The van der Waals surface area contributed by atoms with E-state index in [-0.39, 0.29) is 11.2 Å². The number of carboxylic acid groups (broad SMARTS) is 1. The molecule has 0 fully saturated rings. The molecule has 15 heavy (non-hydrogen) atoms. The molecule has 0 radical (unpaired) electrons. The lowest BCUT2D eigenvalue weighted by Gasteiger charge is -2.32. The first-order chi connectivity index (χ1) is 7.12. The second-order valence-corrected chi connectivity index (χ2v) is 4.18. The van der Waals surface area contributed by atoms with E-state index in [9.17, 15) is 4.79 Å². The van der Waals surface area contributed by atoms with Gasteiger partial charge in [-0.05, 0) is 26.2 Å². The summed E-state index contributed by atoms with van der Waals surface area (Å²) in [5, 5.41) is 8.79. The van der Waals surface area contributed by atoms with Gasteiger partial charge in [-0.3, -0.25) is 0 Å². The Hall–Kier alpha value is -1.58. The van der Waals surface area contributed by atoms with Crippen LogP contribution in [0, 0.1) is 0 Å². The largest absolute Gasteiger partial charge is 0.476 e. The zero-order chi connectivity index (χ0) is 10.9. The topological polar surface area (TPSA) is 55.1 Å². The van der Waals surface area contributed by atoms with Crippen molar-refractivity contribution < 1.29 is 9.90 Å². The Balaban J connectivity index is 2.28. The zero-order valence-electron chi connectivity index (χ0n) is 8.68. The highest BCUT2D eigenvalue weighted by molar-refractivity contribution is 5.84. The van der Waals surface area contributed by atoms with Crippen LogP contribution in [0.2, 0.25) is 0 Å². The highest BCUT2D eigenvalue weighted by Gasteiger charge is 2.27. The predicted molar refractivity (Wildman–Crippen MR) is 55.8 cm³/mol. The van der Waals surface area contributed by atoms with Crippen molar-refractivity contribution in [1.29, 1.82) is 0 Å². The maximum atomic E-state index is 10.7. The molecule has 2 rings (SSSR count). The van der Waals surface area contributed by atoms with E-state index in [0.29, 0.717) is 0 Å². The van der Waals surface area contributed by atoms with Crippen molar-refractivity contribution in [2.75, 3.05) is 0 Å². The third-order valence-corrected chi connectivity index (χ3v) is 3.00. The van der Waals surface area contributed by atoms with Gasteiger partial charge in [-0.2, -0.15) is 0 Å². The molecule has 4 nitrogen and oxygen atoms in total. The van der Waals surface area contributed by atoms with Crippen LogP contribution in [0.15, 0.2) is 24.7 Å². The number of hydrogen-bond acceptors (Lipinski definition) is 2. The monoisotopic (exact) mass is 206 g/mol. The molecule has 1 aliphatic carbocycles. The minimum atomic E-state index is -0.969. The lowest BCUT2D eigenvalue weighted by atomic mass is 9.87. The number of aromatic nitrogens is 2. The number of nitrogens with zero attached hydrogens (tertiary/aromatic N) is 2. The van der Waals surface area contributed by atoms with E-state index in [4.69, 9.17) is 5.11 Å². The van der Waals surface area contributed by atoms with E-state index >= 15 is 0 Å². The van der Waals surface area contributed by atoms with Gasteiger partial charge in [0.25, 0.3) is 0 Å². The molecule has 0 aromatic carbocycles. The third kappa shape index (κ3) is 1.79. The molecular weight excluding hydrogens is 192 g/mol. The Bertz CT molecular complexity index is 408. The first-order valence-corrected chi connectivity index (χ1v) is 5.05. The Morgan fingerprint density at radius 2 is 2.40 bits per heavy atom. The van der Waals surface area contributed by atoms with Gasteiger partial charge in [-0.1, -0.05) is 12.2 Å². The quantitative estimate of drug-likeness (QED) is 0.753. The summed E-state index contributed by atoms with van der Waals surface area (Å²) in [5.74, 6) is -0.969. The van der Waals surface area contributed by atoms with E-state index in [1.54, 1.807) is 12.5 Å². The van der Waals surface area contributed by atoms with Crippen LogP contribution < -0.4 is 0 Å². The first kappa shape index (κ1) is 9.96. The maximum absolute atomic E-state index is 10.7. The van der Waals surface area contributed by atoms with Crippen molar-refractivity contribution in [3.8, 4) is 0 Å². The molecular formula is C11H14N2O2. The minimum absolute atomic E-state index is 0.0184. The van der Waals surface area contributed by atoms with Crippen LogP contribution in [0.25, 0.3) is 0 Å². The molecule has 1 atom stereocenters. The molecule has 1 aliphatic rings. The van der Waals surface area contributed by atoms with Gasteiger partial charge in [-0.15, -0.1) is 0 Å². The van der Waals surface area contributed by atoms with E-state index < -0.39 is 5.97 Å². The summed E-state index contributed by atoms with van der Waals surface area (Å²) < 4.78 is 1.92. The van der Waals surface area contributed by atoms with Crippen molar-refractivity contribution in [2.45, 2.75) is 31.7 Å². The SMILES string of the molecule is CC1(n2cnc(C(=O)O)c2)CC=CCC1. The van der Waals surface area contributed by atoms with E-state index in [0.717, 1.165) is 19.3 Å². The Labute approximate surface area is 88.3 Å². The Morgan fingerprint density at radius 3 is 2.93 bits per heavy atom. The average molecular weight is 206 g/mol. The van der Waals surface area contributed by atoms with Crippen molar-refractivity contribution in [1.82, 2.24) is 9.55 Å². The Kier molecular flexibility index (Phi) is 2.34. The molecule has 0 saturated carbocycles. The highest BCUT2D eigenvalue weighted by atomic mass is 16.4. The summed E-state index contributed by atoms with van der Waals surface area (Å²) in [5.41, 5.74) is 0.0981. The van der Waals surface area contributed by atoms with Crippen LogP contribution in [-0.2, 0) is 5.54 Å². The summed E-state index contributed by atoms with van der Waals surface area (Å²) in [4.78, 5) is 14.6. The molecule has 0 aliphatic heterocycles. The summed E-state index contributed by atoms with van der Waals surface area (Å²) in [6, 6.07) is 0. The maximum Gasteiger partial charge on any atom is 0.356 e. The van der Waals surface area contributed by atoms with Crippen molar-refractivity contribution in [3.05, 3.63) is 30.4 Å². The predicted octanol–water partition coefficient (Wildman–Crippen LogP) is 2.04. The second kappa shape index (κ2) is 3.53. The normalized spacial score (nSPS) is 25.4. The standard InChI is InChI=1S/C11H14N2O2/c1-11(5-3-2-4-6-11)13-7-9(10(14)15)12-8-13/h2-3,7-8H,4-6H2,1H3,(H,14,15). The van der Waals surface area contributed by atoms with Crippen molar-refractivity contribution in [3.63, 3.8) is 0 Å². The summed E-state index contributed by atoms with van der Waals surface area (Å²) in [6.45, 7) is 2.13. The number of aromatic carboxylic acids is 1. The number of imidazole rings is 1. The minimum Gasteiger partial charge on any atom is -0.476 e. The van der Waals surface area contributed by atoms with Gasteiger partial charge in [0.05, 0.1) is 6.33 Å². The van der Waals surface area contributed by atoms with Crippen LogP contribution >= 0.6 is 0 Å². The molecule has 1 aromatic heterocycles. The molecule has 1 unspecified atom stereocenters. The molecule has 80 valence electrons. The number of allylic oxidation sites excluding steroid dienone is 2. The van der Waals surface area contributed by atoms with Gasteiger partial charge in [0.15, 0.2) is 5.69 Å². The van der Waals surface area contributed by atoms with Crippen molar-refractivity contribution >= 4 is 5.97 Å². The van der Waals surface area contributed by atoms with Crippen LogP contribution in [0.1, 0.15) is 36.7 Å². The summed E-state index contributed by atoms with van der Waals surface area (Å²) in [6.07, 6.45) is 10.5. The van der Waals surface area contributed by atoms with Crippen molar-refractivity contribution in [2.24, 2.45) is 0 Å². The zero-order valence-corrected chi connectivity index (χ0v) is 8.68. The fraction of sp³-hybridized carbons (Fsp3) is 0.455. The molecule has 0 bridgehead atoms. The van der Waals surface area contributed by atoms with Crippen LogP contribution in [0.5, 0.6) is 0 Å². The van der Waals surface area contributed by atoms with Gasteiger partial charge < -0.3 is 9.67 Å². The average Bonchev–Trinajstić information content (AvgIpc) is 2.68. The van der Waals surface area contributed by atoms with Crippen LogP contribution in [0.3, 0.4) is 0 Å². The van der Waals surface area contributed by atoms with E-state index in [2.05, 4.69) is 24.1 Å². The van der Waals surface area contributed by atoms with Gasteiger partial charge in [-0.25, -0.2) is 9.78 Å². The van der Waals surface area contributed by atoms with E-state index in [1.165, 1.54) is 0 Å². The van der Waals surface area contributed by atoms with E-state index in [1.807, 2.05) is 4.57 Å². The summed E-state index contributed by atoms with van der Waals surface area (Å²) >= 11 is 0. The molecule has 1 heterocycles. The number of carbonyl (C=O) groups is 1. The Morgan fingerprint density at radius 1 is 1.60 bits per heavy atom. The molecule has 0 spiro atoms. The molecule has 0 amide bonds. The lowest BCUT2D eigenvalue weighted by molar-refractivity contribution is 0.0691. The van der Waals surface area contributed by atoms with Crippen LogP contribution in [-0.4, -0.2) is 20.6 Å². The number of hydrogen-bond donors (Lipinski definition) is 1. The fourth-order valence-electron chi connectivity index (χ4n) is 1.91. The second-order valence-electron chi connectivity index (χ2n) is 4.18. The molecule has 1 aromatic rings. The third-order valence-electron chi connectivity index (χ3n) is 3.00. The molecule has 0 saturated heterocycles. The fourth-order valence-corrected chi connectivity index (χ4v) is 1.91. The van der Waals surface area contributed by atoms with Gasteiger partial charge >= 0.3 is 5.97 Å². The lowest BCUT2D eigenvalue weighted by Crippen LogP contribution is -2.29.